The molecule has 0 amide bonds. The third-order valence-electron chi connectivity index (χ3n) is 3.69. The van der Waals surface area contributed by atoms with Crippen LogP contribution in [0.2, 0.25) is 5.02 Å². The smallest absolute Gasteiger partial charge is 0.307 e. The molecule has 0 saturated heterocycles. The molecule has 2 unspecified atom stereocenters. The second-order valence-corrected chi connectivity index (χ2v) is 5.47. The van der Waals surface area contributed by atoms with Gasteiger partial charge in [0.05, 0.1) is 5.92 Å². The van der Waals surface area contributed by atoms with Crippen molar-refractivity contribution in [3.8, 4) is 0 Å². The van der Waals surface area contributed by atoms with E-state index in [1.165, 1.54) is 0 Å². The van der Waals surface area contributed by atoms with E-state index in [4.69, 9.17) is 11.6 Å². The van der Waals surface area contributed by atoms with Crippen LogP contribution in [0.4, 0.5) is 0 Å². The Morgan fingerprint density at radius 2 is 2.18 bits per heavy atom. The van der Waals surface area contributed by atoms with E-state index in [0.29, 0.717) is 12.3 Å². The minimum absolute atomic E-state index is 0.0787. The minimum atomic E-state index is -0.686. The fourth-order valence-corrected chi connectivity index (χ4v) is 3.22. The molecule has 1 aliphatic carbocycles. The van der Waals surface area contributed by atoms with Gasteiger partial charge in [0.15, 0.2) is 0 Å². The van der Waals surface area contributed by atoms with Gasteiger partial charge in [0.25, 0.3) is 0 Å². The van der Waals surface area contributed by atoms with Crippen molar-refractivity contribution in [2.45, 2.75) is 32.6 Å². The predicted octanol–water partition coefficient (Wildman–Crippen LogP) is 3.73. The molecule has 0 spiro atoms. The van der Waals surface area contributed by atoms with Crippen molar-refractivity contribution >= 4 is 17.6 Å². The number of carboxylic acid groups (broad SMARTS) is 1. The first-order valence-electron chi connectivity index (χ1n) is 6.02. The van der Waals surface area contributed by atoms with Crippen molar-refractivity contribution in [3.05, 3.63) is 34.3 Å². The van der Waals surface area contributed by atoms with Gasteiger partial charge in [-0.25, -0.2) is 0 Å². The minimum Gasteiger partial charge on any atom is -0.481 e. The number of aliphatic carboxylic acids is 1. The molecule has 1 aromatic carbocycles. The van der Waals surface area contributed by atoms with Gasteiger partial charge >= 0.3 is 5.97 Å². The van der Waals surface area contributed by atoms with Crippen molar-refractivity contribution in [2.24, 2.45) is 11.8 Å². The molecule has 3 heteroatoms. The van der Waals surface area contributed by atoms with Crippen LogP contribution in [-0.2, 0) is 11.2 Å². The molecule has 1 aromatic rings. The highest BCUT2D eigenvalue weighted by Gasteiger charge is 2.36. The zero-order valence-electron chi connectivity index (χ0n) is 10.1. The van der Waals surface area contributed by atoms with Gasteiger partial charge in [-0.1, -0.05) is 37.6 Å². The van der Waals surface area contributed by atoms with Crippen LogP contribution in [0.25, 0.3) is 0 Å². The van der Waals surface area contributed by atoms with Crippen LogP contribution in [0.5, 0.6) is 0 Å². The fourth-order valence-electron chi connectivity index (χ4n) is 2.95. The summed E-state index contributed by atoms with van der Waals surface area (Å²) < 4.78 is 0. The molecule has 2 rings (SSSR count). The highest BCUT2D eigenvalue weighted by atomic mass is 35.5. The van der Waals surface area contributed by atoms with Crippen molar-refractivity contribution < 1.29 is 9.90 Å². The molecular formula is C14H17ClO2. The van der Waals surface area contributed by atoms with Gasteiger partial charge in [-0.05, 0) is 41.9 Å². The molecule has 92 valence electrons. The Balaban J connectivity index is 2.50. The summed E-state index contributed by atoms with van der Waals surface area (Å²) >= 11 is 6.19. The number of hydrogen-bond acceptors (Lipinski definition) is 1. The Kier molecular flexibility index (Phi) is 3.43. The molecule has 0 fully saturated rings. The average Bonchev–Trinajstić information content (AvgIpc) is 2.27. The maximum absolute atomic E-state index is 11.3. The molecule has 0 bridgehead atoms. The van der Waals surface area contributed by atoms with Crippen molar-refractivity contribution in [1.82, 2.24) is 0 Å². The average molecular weight is 253 g/mol. The van der Waals surface area contributed by atoms with Crippen LogP contribution in [0.15, 0.2) is 18.2 Å². The lowest BCUT2D eigenvalue weighted by Gasteiger charge is -2.34. The van der Waals surface area contributed by atoms with Gasteiger partial charge in [-0.15, -0.1) is 0 Å². The molecular weight excluding hydrogens is 236 g/mol. The van der Waals surface area contributed by atoms with Crippen LogP contribution < -0.4 is 0 Å². The number of carbonyl (C=O) groups is 1. The Labute approximate surface area is 107 Å². The SMILES string of the molecule is CC(C)C1c2cccc(Cl)c2CCC1C(=O)O. The zero-order chi connectivity index (χ0) is 12.6. The quantitative estimate of drug-likeness (QED) is 0.871. The third kappa shape index (κ3) is 2.19. The summed E-state index contributed by atoms with van der Waals surface area (Å²) in [6, 6.07) is 5.83. The Hall–Kier alpha value is -1.02. The Morgan fingerprint density at radius 3 is 2.76 bits per heavy atom. The number of carboxylic acids is 1. The van der Waals surface area contributed by atoms with E-state index < -0.39 is 5.97 Å². The number of fused-ring (bicyclic) bond motifs is 1. The summed E-state index contributed by atoms with van der Waals surface area (Å²) in [5.41, 5.74) is 2.27. The summed E-state index contributed by atoms with van der Waals surface area (Å²) in [5, 5.41) is 10.1. The number of rotatable bonds is 2. The van der Waals surface area contributed by atoms with Crippen molar-refractivity contribution in [3.63, 3.8) is 0 Å². The van der Waals surface area contributed by atoms with E-state index in [1.54, 1.807) is 0 Å². The lowest BCUT2D eigenvalue weighted by atomic mass is 9.70. The maximum atomic E-state index is 11.3. The van der Waals surface area contributed by atoms with Crippen LogP contribution in [-0.4, -0.2) is 11.1 Å². The lowest BCUT2D eigenvalue weighted by molar-refractivity contribution is -0.143. The molecule has 2 atom stereocenters. The van der Waals surface area contributed by atoms with Crippen LogP contribution in [0, 0.1) is 11.8 Å². The summed E-state index contributed by atoms with van der Waals surface area (Å²) in [7, 11) is 0. The lowest BCUT2D eigenvalue weighted by Crippen LogP contribution is -2.30. The van der Waals surface area contributed by atoms with E-state index in [-0.39, 0.29) is 11.8 Å². The molecule has 17 heavy (non-hydrogen) atoms. The van der Waals surface area contributed by atoms with Gasteiger partial charge in [-0.2, -0.15) is 0 Å². The second-order valence-electron chi connectivity index (χ2n) is 5.06. The molecule has 1 aliphatic rings. The van der Waals surface area contributed by atoms with E-state index in [0.717, 1.165) is 22.6 Å². The second kappa shape index (κ2) is 4.69. The molecule has 0 aliphatic heterocycles. The highest BCUT2D eigenvalue weighted by molar-refractivity contribution is 6.31. The molecule has 0 saturated carbocycles. The number of benzene rings is 1. The van der Waals surface area contributed by atoms with Crippen molar-refractivity contribution in [1.29, 1.82) is 0 Å². The van der Waals surface area contributed by atoms with E-state index >= 15 is 0 Å². The topological polar surface area (TPSA) is 37.3 Å². The van der Waals surface area contributed by atoms with Crippen molar-refractivity contribution in [2.75, 3.05) is 0 Å². The molecule has 2 nitrogen and oxygen atoms in total. The third-order valence-corrected chi connectivity index (χ3v) is 4.04. The first-order valence-corrected chi connectivity index (χ1v) is 6.40. The van der Waals surface area contributed by atoms with Crippen LogP contribution in [0.3, 0.4) is 0 Å². The standard InChI is InChI=1S/C14H17ClO2/c1-8(2)13-10-4-3-5-12(15)9(10)6-7-11(13)14(16)17/h3-5,8,11,13H,6-7H2,1-2H3,(H,16,17). The zero-order valence-corrected chi connectivity index (χ0v) is 10.9. The Morgan fingerprint density at radius 1 is 1.47 bits per heavy atom. The largest absolute Gasteiger partial charge is 0.481 e. The van der Waals surface area contributed by atoms with Gasteiger partial charge in [0, 0.05) is 5.02 Å². The van der Waals surface area contributed by atoms with E-state index in [1.807, 2.05) is 18.2 Å². The maximum Gasteiger partial charge on any atom is 0.307 e. The normalized spacial score (nSPS) is 23.5. The molecule has 0 heterocycles. The van der Waals surface area contributed by atoms with Crippen LogP contribution in [0.1, 0.15) is 37.3 Å². The number of hydrogen-bond donors (Lipinski definition) is 1. The van der Waals surface area contributed by atoms with Crippen LogP contribution >= 0.6 is 11.6 Å². The predicted molar refractivity (Wildman–Crippen MR) is 68.5 cm³/mol. The van der Waals surface area contributed by atoms with E-state index in [2.05, 4.69) is 13.8 Å². The van der Waals surface area contributed by atoms with Gasteiger partial charge in [-0.3, -0.25) is 4.79 Å². The van der Waals surface area contributed by atoms with Gasteiger partial charge in [0.1, 0.15) is 0 Å². The summed E-state index contributed by atoms with van der Waals surface area (Å²) in [6.07, 6.45) is 1.46. The summed E-state index contributed by atoms with van der Waals surface area (Å²) in [4.78, 5) is 11.3. The monoisotopic (exact) mass is 252 g/mol. The summed E-state index contributed by atoms with van der Waals surface area (Å²) in [6.45, 7) is 4.16. The molecule has 0 aromatic heterocycles. The molecule has 1 N–H and O–H groups in total. The van der Waals surface area contributed by atoms with Gasteiger partial charge < -0.3 is 5.11 Å². The first kappa shape index (κ1) is 12.4. The number of halogens is 1. The van der Waals surface area contributed by atoms with E-state index in [9.17, 15) is 9.90 Å². The Bertz CT molecular complexity index is 440. The first-order chi connectivity index (χ1) is 8.02. The summed E-state index contributed by atoms with van der Waals surface area (Å²) in [5.74, 6) is -0.571. The molecule has 0 radical (unpaired) electrons. The van der Waals surface area contributed by atoms with Gasteiger partial charge in [0.2, 0.25) is 0 Å². The fraction of sp³-hybridized carbons (Fsp3) is 0.500. The highest BCUT2D eigenvalue weighted by Crippen LogP contribution is 2.43.